The maximum Gasteiger partial charge on any atom is 0.419 e. The number of anilines is 1. The van der Waals surface area contributed by atoms with Crippen molar-refractivity contribution in [2.24, 2.45) is 11.3 Å². The van der Waals surface area contributed by atoms with Gasteiger partial charge in [0.25, 0.3) is 0 Å². The second kappa shape index (κ2) is 7.94. The van der Waals surface area contributed by atoms with E-state index in [1.807, 2.05) is 0 Å². The van der Waals surface area contributed by atoms with E-state index < -0.39 is 36.5 Å². The monoisotopic (exact) mass is 534 g/mol. The molecule has 2 aromatic heterocycles. The van der Waals surface area contributed by atoms with E-state index in [0.717, 1.165) is 24.2 Å². The summed E-state index contributed by atoms with van der Waals surface area (Å²) in [5, 5.41) is 13.7. The lowest BCUT2D eigenvalue weighted by Gasteiger charge is -2.62. The number of piperidine rings is 2. The number of hydrogen-bond donors (Lipinski definition) is 2. The van der Waals surface area contributed by atoms with Crippen LogP contribution in [0.15, 0.2) is 12.3 Å². The van der Waals surface area contributed by atoms with Crippen molar-refractivity contribution >= 4 is 33.1 Å². The van der Waals surface area contributed by atoms with Gasteiger partial charge in [0.05, 0.1) is 29.8 Å². The number of thiophene rings is 1. The summed E-state index contributed by atoms with van der Waals surface area (Å²) >= 11 is 0.750. The Morgan fingerprint density at radius 3 is 2.50 bits per heavy atom. The molecule has 196 valence electrons. The number of halogens is 6. The van der Waals surface area contributed by atoms with Crippen LogP contribution in [0.1, 0.15) is 29.7 Å². The van der Waals surface area contributed by atoms with E-state index in [4.69, 9.17) is 0 Å². The van der Waals surface area contributed by atoms with Crippen LogP contribution in [0.4, 0.5) is 32.0 Å². The van der Waals surface area contributed by atoms with Crippen molar-refractivity contribution in [1.82, 2.24) is 15.2 Å². The Kier molecular flexibility index (Phi) is 5.34. The summed E-state index contributed by atoms with van der Waals surface area (Å²) in [6.07, 6.45) is -7.85. The fraction of sp³-hybridized carbons (Fsp3) is 0.652. The van der Waals surface area contributed by atoms with Gasteiger partial charge in [-0.15, -0.1) is 11.3 Å². The Balaban J connectivity index is 1.19. The minimum absolute atomic E-state index is 0.0765. The van der Waals surface area contributed by atoms with Crippen molar-refractivity contribution in [3.05, 3.63) is 22.7 Å². The fourth-order valence-corrected chi connectivity index (χ4v) is 7.47. The van der Waals surface area contributed by atoms with Crippen LogP contribution in [0.2, 0.25) is 0 Å². The number of amides is 1. The zero-order valence-corrected chi connectivity index (χ0v) is 19.8. The normalized spacial score (nSPS) is 29.5. The third-order valence-corrected chi connectivity index (χ3v) is 9.02. The fourth-order valence-electron chi connectivity index (χ4n) is 6.44. The molecule has 7 rings (SSSR count). The number of fused-ring (bicyclic) bond motifs is 4. The molecule has 6 heterocycles. The Hall–Kier alpha value is -2.12. The number of aliphatic hydroxyl groups is 1. The van der Waals surface area contributed by atoms with Crippen molar-refractivity contribution in [2.45, 2.75) is 56.2 Å². The Labute approximate surface area is 206 Å². The van der Waals surface area contributed by atoms with Gasteiger partial charge in [-0.1, -0.05) is 0 Å². The molecule has 1 saturated carbocycles. The van der Waals surface area contributed by atoms with Gasteiger partial charge in [0.15, 0.2) is 0 Å². The Morgan fingerprint density at radius 2 is 1.89 bits per heavy atom. The van der Waals surface area contributed by atoms with Gasteiger partial charge in [0.1, 0.15) is 4.83 Å². The highest BCUT2D eigenvalue weighted by Crippen LogP contribution is 2.49. The number of aliphatic hydroxyl groups excluding tert-OH is 1. The number of pyridine rings is 1. The molecule has 5 aliphatic rings. The Bertz CT molecular complexity index is 1200. The highest BCUT2D eigenvalue weighted by molar-refractivity contribution is 7.18. The van der Waals surface area contributed by atoms with Crippen molar-refractivity contribution in [1.29, 1.82) is 0 Å². The quantitative estimate of drug-likeness (QED) is 0.590. The molecule has 2 N–H and O–H groups in total. The summed E-state index contributed by atoms with van der Waals surface area (Å²) in [6, 6.07) is 0.855. The molecule has 1 amide bonds. The summed E-state index contributed by atoms with van der Waals surface area (Å²) in [4.78, 5) is 20.2. The molecule has 1 aliphatic carbocycles. The van der Waals surface area contributed by atoms with E-state index in [0.29, 0.717) is 25.7 Å². The molecule has 4 atom stereocenters. The summed E-state index contributed by atoms with van der Waals surface area (Å²) in [5.41, 5.74) is -1.45. The number of hydrogen-bond acceptors (Lipinski definition) is 6. The molecule has 0 unspecified atom stereocenters. The van der Waals surface area contributed by atoms with Crippen molar-refractivity contribution in [3.8, 4) is 0 Å². The second-order valence-corrected chi connectivity index (χ2v) is 11.8. The SMILES string of the molecule is O=C([C@H]1N[C@H]2CC[C@@H]1[C@@H](O)C2)N1CC2(C1)CN(c1c(C(F)(F)F)cnc3sc(CC(F)(F)F)cc13)C2. The van der Waals surface area contributed by atoms with Crippen LogP contribution < -0.4 is 10.2 Å². The van der Waals surface area contributed by atoms with E-state index in [-0.39, 0.29) is 57.2 Å². The van der Waals surface area contributed by atoms with Crippen LogP contribution >= 0.6 is 11.3 Å². The largest absolute Gasteiger partial charge is 0.419 e. The van der Waals surface area contributed by atoms with Crippen molar-refractivity contribution in [3.63, 3.8) is 0 Å². The number of rotatable bonds is 3. The molecule has 2 bridgehead atoms. The third kappa shape index (κ3) is 4.03. The van der Waals surface area contributed by atoms with Crippen LogP contribution in [0.5, 0.6) is 0 Å². The number of nitrogens with zero attached hydrogens (tertiary/aromatic N) is 3. The summed E-state index contributed by atoms with van der Waals surface area (Å²) in [5.74, 6) is -0.203. The molecular formula is C23H24F6N4O2S. The van der Waals surface area contributed by atoms with Crippen LogP contribution in [0.25, 0.3) is 10.2 Å². The summed E-state index contributed by atoms with van der Waals surface area (Å²) in [7, 11) is 0. The molecule has 5 fully saturated rings. The van der Waals surface area contributed by atoms with Gasteiger partial charge in [-0.2, -0.15) is 26.3 Å². The third-order valence-electron chi connectivity index (χ3n) is 7.98. The topological polar surface area (TPSA) is 68.7 Å². The van der Waals surface area contributed by atoms with Crippen molar-refractivity contribution in [2.75, 3.05) is 31.1 Å². The highest BCUT2D eigenvalue weighted by atomic mass is 32.1. The predicted octanol–water partition coefficient (Wildman–Crippen LogP) is 3.57. The van der Waals surface area contributed by atoms with Crippen molar-refractivity contribution < 1.29 is 36.2 Å². The lowest BCUT2D eigenvalue weighted by molar-refractivity contribution is -0.154. The van der Waals surface area contributed by atoms with Crippen LogP contribution in [-0.2, 0) is 17.4 Å². The number of aromatic nitrogens is 1. The van der Waals surface area contributed by atoms with Gasteiger partial charge in [0, 0.05) is 60.0 Å². The number of alkyl halides is 6. The second-order valence-electron chi connectivity index (χ2n) is 10.7. The minimum atomic E-state index is -4.71. The molecule has 6 nitrogen and oxygen atoms in total. The first-order valence-corrected chi connectivity index (χ1v) is 12.7. The lowest BCUT2D eigenvalue weighted by atomic mass is 9.70. The maximum absolute atomic E-state index is 13.8. The van der Waals surface area contributed by atoms with Gasteiger partial charge in [0.2, 0.25) is 5.91 Å². The van der Waals surface area contributed by atoms with Gasteiger partial charge < -0.3 is 20.2 Å². The molecule has 4 saturated heterocycles. The zero-order chi connectivity index (χ0) is 25.6. The molecular weight excluding hydrogens is 510 g/mol. The molecule has 13 heteroatoms. The van der Waals surface area contributed by atoms with Gasteiger partial charge in [-0.25, -0.2) is 4.98 Å². The molecule has 0 radical (unpaired) electrons. The molecule has 4 aliphatic heterocycles. The molecule has 1 spiro atoms. The first-order chi connectivity index (χ1) is 16.8. The maximum atomic E-state index is 13.8. The number of likely N-dealkylation sites (tertiary alicyclic amines) is 1. The van der Waals surface area contributed by atoms with Crippen LogP contribution in [0.3, 0.4) is 0 Å². The standard InChI is InChI=1S/C23H24F6N4O2S/c24-22(25,26)5-12-4-14-18(15(23(27,28)29)6-30-19(14)36-12)32-7-21(8-32)9-33(10-21)20(35)17-13-2-1-11(31-17)3-16(13)34/h4,6,11,13,16-17,31,34H,1-3,5,7-10H2/t11-,13+,16-,17-/m0/s1. The average molecular weight is 535 g/mol. The lowest BCUT2D eigenvalue weighted by Crippen LogP contribution is -2.75. The van der Waals surface area contributed by atoms with E-state index in [1.165, 1.54) is 6.07 Å². The summed E-state index contributed by atoms with van der Waals surface area (Å²) in [6.45, 7) is 1.37. The van der Waals surface area contributed by atoms with E-state index in [2.05, 4.69) is 10.3 Å². The highest BCUT2D eigenvalue weighted by Gasteiger charge is 2.57. The minimum Gasteiger partial charge on any atom is -0.393 e. The average Bonchev–Trinajstić information content (AvgIpc) is 3.11. The molecule has 2 aromatic rings. The number of nitrogens with one attached hydrogen (secondary N) is 1. The number of carbonyl (C=O) groups is 1. The van der Waals surface area contributed by atoms with Gasteiger partial charge in [-0.3, -0.25) is 4.79 Å². The first-order valence-electron chi connectivity index (χ1n) is 11.9. The smallest absolute Gasteiger partial charge is 0.393 e. The predicted molar refractivity (Wildman–Crippen MR) is 120 cm³/mol. The Morgan fingerprint density at radius 1 is 1.17 bits per heavy atom. The van der Waals surface area contributed by atoms with Crippen LogP contribution in [-0.4, -0.2) is 71.4 Å². The van der Waals surface area contributed by atoms with Gasteiger partial charge in [-0.05, 0) is 25.3 Å². The van der Waals surface area contributed by atoms with E-state index in [1.54, 1.807) is 9.80 Å². The zero-order valence-electron chi connectivity index (χ0n) is 19.0. The van der Waals surface area contributed by atoms with Crippen LogP contribution in [0, 0.1) is 11.3 Å². The molecule has 36 heavy (non-hydrogen) atoms. The van der Waals surface area contributed by atoms with E-state index in [9.17, 15) is 36.2 Å². The van der Waals surface area contributed by atoms with Gasteiger partial charge >= 0.3 is 12.4 Å². The summed E-state index contributed by atoms with van der Waals surface area (Å²) < 4.78 is 80.1. The first kappa shape index (κ1) is 24.2. The van der Waals surface area contributed by atoms with E-state index >= 15 is 0 Å². The number of carbonyl (C=O) groups excluding carboxylic acids is 1. The molecule has 0 aromatic carbocycles.